The lowest BCUT2D eigenvalue weighted by Gasteiger charge is -2.34. The second-order valence-corrected chi connectivity index (χ2v) is 8.92. The maximum atomic E-state index is 12.2. The van der Waals surface area contributed by atoms with Gasteiger partial charge in [-0.25, -0.2) is 9.78 Å². The number of amides is 1. The van der Waals surface area contributed by atoms with Crippen molar-refractivity contribution in [2.75, 3.05) is 18.4 Å². The summed E-state index contributed by atoms with van der Waals surface area (Å²) in [5.41, 5.74) is 3.87. The fraction of sp³-hybridized carbons (Fsp3) is 0.417. The van der Waals surface area contributed by atoms with Crippen LogP contribution in [0.4, 0.5) is 10.5 Å². The number of fused-ring (bicyclic) bond motifs is 1. The molecular weight excluding hydrogens is 376 g/mol. The number of benzene rings is 2. The SMILES string of the molecule is Cc1nc2ccccc2n1-c1ccc(NC2CCN(C(=O)OC(C)(C)C)CC2)cc1. The van der Waals surface area contributed by atoms with Crippen molar-refractivity contribution in [1.29, 1.82) is 0 Å². The monoisotopic (exact) mass is 406 g/mol. The van der Waals surface area contributed by atoms with Crippen LogP contribution in [0, 0.1) is 6.92 Å². The molecule has 0 aliphatic carbocycles. The number of likely N-dealkylation sites (tertiary alicyclic amines) is 1. The van der Waals surface area contributed by atoms with E-state index in [1.807, 2.05) is 45.9 Å². The fourth-order valence-corrected chi connectivity index (χ4v) is 3.95. The molecule has 0 unspecified atom stereocenters. The van der Waals surface area contributed by atoms with Crippen LogP contribution in [0.1, 0.15) is 39.4 Å². The molecule has 158 valence electrons. The molecule has 6 heteroatoms. The standard InChI is InChI=1S/C24H30N4O2/c1-17-25-21-7-5-6-8-22(21)28(17)20-11-9-18(10-12-20)26-19-13-15-27(16-14-19)23(29)30-24(2,3)4/h5-12,19,26H,13-16H2,1-4H3. The van der Waals surface area contributed by atoms with Crippen LogP contribution < -0.4 is 5.32 Å². The highest BCUT2D eigenvalue weighted by Gasteiger charge is 2.26. The number of hydrogen-bond donors (Lipinski definition) is 1. The van der Waals surface area contributed by atoms with Crippen LogP contribution in [0.2, 0.25) is 0 Å². The first-order valence-electron chi connectivity index (χ1n) is 10.6. The molecule has 0 atom stereocenters. The average Bonchev–Trinajstić information content (AvgIpc) is 3.03. The molecule has 1 aliphatic rings. The molecule has 1 N–H and O–H groups in total. The first-order valence-corrected chi connectivity index (χ1v) is 10.6. The lowest BCUT2D eigenvalue weighted by atomic mass is 10.0. The Kier molecular flexibility index (Phi) is 5.41. The predicted molar refractivity (Wildman–Crippen MR) is 120 cm³/mol. The van der Waals surface area contributed by atoms with Gasteiger partial charge in [0.15, 0.2) is 0 Å². The lowest BCUT2D eigenvalue weighted by molar-refractivity contribution is 0.0210. The summed E-state index contributed by atoms with van der Waals surface area (Å²) in [4.78, 5) is 18.7. The van der Waals surface area contributed by atoms with E-state index in [1.165, 1.54) is 0 Å². The van der Waals surface area contributed by atoms with Gasteiger partial charge in [-0.3, -0.25) is 4.57 Å². The van der Waals surface area contributed by atoms with Gasteiger partial charge in [0.25, 0.3) is 0 Å². The van der Waals surface area contributed by atoms with Gasteiger partial charge in [-0.05, 0) is 76.9 Å². The van der Waals surface area contributed by atoms with Crippen LogP contribution >= 0.6 is 0 Å². The van der Waals surface area contributed by atoms with Crippen LogP contribution in [-0.2, 0) is 4.74 Å². The van der Waals surface area contributed by atoms with Crippen molar-refractivity contribution in [3.8, 4) is 5.69 Å². The Morgan fingerprint density at radius 3 is 2.40 bits per heavy atom. The molecule has 0 bridgehead atoms. The van der Waals surface area contributed by atoms with Gasteiger partial charge in [-0.2, -0.15) is 0 Å². The summed E-state index contributed by atoms with van der Waals surface area (Å²) >= 11 is 0. The lowest BCUT2D eigenvalue weighted by Crippen LogP contribution is -2.44. The van der Waals surface area contributed by atoms with E-state index in [2.05, 4.69) is 45.2 Å². The third kappa shape index (κ3) is 4.42. The highest BCUT2D eigenvalue weighted by Crippen LogP contribution is 2.24. The van der Waals surface area contributed by atoms with E-state index in [1.54, 1.807) is 4.90 Å². The zero-order valence-electron chi connectivity index (χ0n) is 18.2. The maximum Gasteiger partial charge on any atom is 0.410 e. The van der Waals surface area contributed by atoms with E-state index in [0.717, 1.165) is 41.1 Å². The van der Waals surface area contributed by atoms with Crippen LogP contribution in [-0.4, -0.2) is 45.3 Å². The molecule has 1 amide bonds. The number of carbonyl (C=O) groups is 1. The molecule has 1 aromatic heterocycles. The average molecular weight is 407 g/mol. The number of para-hydroxylation sites is 2. The number of aryl methyl sites for hydroxylation is 1. The number of anilines is 1. The number of hydrogen-bond acceptors (Lipinski definition) is 4. The highest BCUT2D eigenvalue weighted by atomic mass is 16.6. The topological polar surface area (TPSA) is 59.4 Å². The van der Waals surface area contributed by atoms with Crippen molar-refractivity contribution in [2.45, 2.75) is 52.2 Å². The summed E-state index contributed by atoms with van der Waals surface area (Å²) < 4.78 is 7.66. The molecule has 30 heavy (non-hydrogen) atoms. The summed E-state index contributed by atoms with van der Waals surface area (Å²) in [7, 11) is 0. The van der Waals surface area contributed by atoms with Crippen molar-refractivity contribution in [3.05, 3.63) is 54.4 Å². The molecule has 6 nitrogen and oxygen atoms in total. The summed E-state index contributed by atoms with van der Waals surface area (Å²) in [6.45, 7) is 9.16. The number of piperidine rings is 1. The second kappa shape index (κ2) is 8.01. The highest BCUT2D eigenvalue weighted by molar-refractivity contribution is 5.78. The van der Waals surface area contributed by atoms with Gasteiger partial charge in [-0.15, -0.1) is 0 Å². The second-order valence-electron chi connectivity index (χ2n) is 8.92. The Labute approximate surface area is 177 Å². The molecular formula is C24H30N4O2. The van der Waals surface area contributed by atoms with E-state index in [9.17, 15) is 4.79 Å². The molecule has 1 aliphatic heterocycles. The summed E-state index contributed by atoms with van der Waals surface area (Å²) in [6.07, 6.45) is 1.60. The van der Waals surface area contributed by atoms with Gasteiger partial charge in [-0.1, -0.05) is 12.1 Å². The number of rotatable bonds is 3. The number of carbonyl (C=O) groups excluding carboxylic acids is 1. The van der Waals surface area contributed by atoms with Crippen molar-refractivity contribution >= 4 is 22.8 Å². The van der Waals surface area contributed by atoms with Gasteiger partial charge < -0.3 is 15.0 Å². The van der Waals surface area contributed by atoms with Crippen molar-refractivity contribution in [2.24, 2.45) is 0 Å². The molecule has 0 radical (unpaired) electrons. The normalized spacial score (nSPS) is 15.4. The smallest absolute Gasteiger partial charge is 0.410 e. The number of aromatic nitrogens is 2. The Balaban J connectivity index is 1.38. The Hall–Kier alpha value is -3.02. The van der Waals surface area contributed by atoms with Crippen LogP contribution in [0.15, 0.2) is 48.5 Å². The molecule has 1 fully saturated rings. The minimum atomic E-state index is -0.452. The van der Waals surface area contributed by atoms with E-state index < -0.39 is 5.60 Å². The zero-order chi connectivity index (χ0) is 21.3. The Morgan fingerprint density at radius 2 is 1.73 bits per heavy atom. The van der Waals surface area contributed by atoms with Gasteiger partial charge in [0.2, 0.25) is 0 Å². The van der Waals surface area contributed by atoms with E-state index in [0.29, 0.717) is 19.1 Å². The maximum absolute atomic E-state index is 12.2. The third-order valence-electron chi connectivity index (χ3n) is 5.37. The fourth-order valence-electron chi connectivity index (χ4n) is 3.95. The molecule has 3 aromatic rings. The minimum Gasteiger partial charge on any atom is -0.444 e. The predicted octanol–water partition coefficient (Wildman–Crippen LogP) is 5.15. The molecule has 4 rings (SSSR count). The van der Waals surface area contributed by atoms with E-state index >= 15 is 0 Å². The molecule has 2 heterocycles. The van der Waals surface area contributed by atoms with Gasteiger partial charge in [0, 0.05) is 30.5 Å². The first kappa shape index (κ1) is 20.3. The number of imidazole rings is 1. The molecule has 2 aromatic carbocycles. The van der Waals surface area contributed by atoms with Crippen LogP contribution in [0.3, 0.4) is 0 Å². The molecule has 0 saturated carbocycles. The van der Waals surface area contributed by atoms with Crippen molar-refractivity contribution in [1.82, 2.24) is 14.5 Å². The van der Waals surface area contributed by atoms with Gasteiger partial charge >= 0.3 is 6.09 Å². The van der Waals surface area contributed by atoms with Gasteiger partial charge in [0.1, 0.15) is 11.4 Å². The van der Waals surface area contributed by atoms with E-state index in [4.69, 9.17) is 4.74 Å². The van der Waals surface area contributed by atoms with Crippen molar-refractivity contribution in [3.63, 3.8) is 0 Å². The summed E-state index contributed by atoms with van der Waals surface area (Å²) in [6, 6.07) is 17.0. The molecule has 1 saturated heterocycles. The Morgan fingerprint density at radius 1 is 1.07 bits per heavy atom. The minimum absolute atomic E-state index is 0.215. The zero-order valence-corrected chi connectivity index (χ0v) is 18.2. The summed E-state index contributed by atoms with van der Waals surface area (Å²) in [5, 5.41) is 3.61. The number of nitrogens with one attached hydrogen (secondary N) is 1. The van der Waals surface area contributed by atoms with Crippen LogP contribution in [0.25, 0.3) is 16.7 Å². The first-order chi connectivity index (χ1) is 14.3. The van der Waals surface area contributed by atoms with Crippen molar-refractivity contribution < 1.29 is 9.53 Å². The largest absolute Gasteiger partial charge is 0.444 e. The quantitative estimate of drug-likeness (QED) is 0.654. The van der Waals surface area contributed by atoms with Gasteiger partial charge in [0.05, 0.1) is 11.0 Å². The molecule has 0 spiro atoms. The number of ether oxygens (including phenoxy) is 1. The van der Waals surface area contributed by atoms with Crippen LogP contribution in [0.5, 0.6) is 0 Å². The van der Waals surface area contributed by atoms with E-state index in [-0.39, 0.29) is 6.09 Å². The third-order valence-corrected chi connectivity index (χ3v) is 5.37. The number of nitrogens with zero attached hydrogens (tertiary/aromatic N) is 3. The summed E-state index contributed by atoms with van der Waals surface area (Å²) in [5.74, 6) is 0.978. The Bertz CT molecular complexity index is 1030.